The Bertz CT molecular complexity index is 297. The Labute approximate surface area is 107 Å². The van der Waals surface area contributed by atoms with E-state index in [1.807, 2.05) is 0 Å². The van der Waals surface area contributed by atoms with E-state index in [-0.39, 0.29) is 5.54 Å². The molecule has 0 saturated carbocycles. The summed E-state index contributed by atoms with van der Waals surface area (Å²) in [6.07, 6.45) is 3.80. The van der Waals surface area contributed by atoms with Gasteiger partial charge in [0.25, 0.3) is 0 Å². The molecule has 1 unspecified atom stereocenters. The molecule has 0 aromatic heterocycles. The van der Waals surface area contributed by atoms with E-state index in [9.17, 15) is 0 Å². The van der Waals surface area contributed by atoms with E-state index in [0.717, 1.165) is 12.5 Å². The van der Waals surface area contributed by atoms with Gasteiger partial charge in [-0.2, -0.15) is 0 Å². The van der Waals surface area contributed by atoms with E-state index in [4.69, 9.17) is 0 Å². The summed E-state index contributed by atoms with van der Waals surface area (Å²) < 4.78 is 0. The van der Waals surface area contributed by atoms with Crippen molar-refractivity contribution in [2.24, 2.45) is 5.92 Å². The van der Waals surface area contributed by atoms with E-state index in [1.165, 1.54) is 24.8 Å². The Kier molecular flexibility index (Phi) is 5.70. The Morgan fingerprint density at radius 3 is 2.35 bits per heavy atom. The Morgan fingerprint density at radius 2 is 1.76 bits per heavy atom. The highest BCUT2D eigenvalue weighted by Crippen LogP contribution is 2.11. The topological polar surface area (TPSA) is 12.0 Å². The smallest absolute Gasteiger partial charge is 0.00966 e. The van der Waals surface area contributed by atoms with Gasteiger partial charge in [-0.15, -0.1) is 0 Å². The molecular formula is C16H27N. The molecule has 0 heterocycles. The van der Waals surface area contributed by atoms with Crippen molar-refractivity contribution in [2.75, 3.05) is 6.54 Å². The molecule has 0 aliphatic carbocycles. The second-order valence-electron chi connectivity index (χ2n) is 6.11. The van der Waals surface area contributed by atoms with Gasteiger partial charge in [-0.3, -0.25) is 0 Å². The van der Waals surface area contributed by atoms with Crippen molar-refractivity contribution >= 4 is 0 Å². The predicted octanol–water partition coefficient (Wildman–Crippen LogP) is 4.03. The number of benzene rings is 1. The highest BCUT2D eigenvalue weighted by Gasteiger charge is 2.10. The third-order valence-electron chi connectivity index (χ3n) is 2.99. The lowest BCUT2D eigenvalue weighted by Gasteiger charge is -2.23. The van der Waals surface area contributed by atoms with Crippen LogP contribution < -0.4 is 5.32 Å². The van der Waals surface area contributed by atoms with Crippen molar-refractivity contribution < 1.29 is 0 Å². The second-order valence-corrected chi connectivity index (χ2v) is 6.11. The average Bonchev–Trinajstić information content (AvgIpc) is 2.27. The van der Waals surface area contributed by atoms with E-state index < -0.39 is 0 Å². The minimum atomic E-state index is 0.244. The summed E-state index contributed by atoms with van der Waals surface area (Å²) >= 11 is 0. The summed E-state index contributed by atoms with van der Waals surface area (Å²) in [4.78, 5) is 0. The maximum atomic E-state index is 3.57. The molecule has 17 heavy (non-hydrogen) atoms. The van der Waals surface area contributed by atoms with E-state index >= 15 is 0 Å². The standard InChI is InChI=1S/C16H27N/c1-14(13-17-16(2,3)4)9-8-12-15-10-6-5-7-11-15/h5-7,10-11,14,17H,8-9,12-13H2,1-4H3. The molecule has 0 saturated heterocycles. The van der Waals surface area contributed by atoms with Crippen LogP contribution in [0.25, 0.3) is 0 Å². The number of hydrogen-bond donors (Lipinski definition) is 1. The molecule has 1 heteroatoms. The second kappa shape index (κ2) is 6.80. The minimum absolute atomic E-state index is 0.244. The molecule has 0 amide bonds. The SMILES string of the molecule is CC(CCCc1ccccc1)CNC(C)(C)C. The lowest BCUT2D eigenvalue weighted by atomic mass is 9.99. The zero-order valence-corrected chi connectivity index (χ0v) is 11.8. The third kappa shape index (κ3) is 7.17. The van der Waals surface area contributed by atoms with Crippen molar-refractivity contribution in [1.82, 2.24) is 5.32 Å². The Hall–Kier alpha value is -0.820. The molecule has 1 atom stereocenters. The van der Waals surface area contributed by atoms with Gasteiger partial charge >= 0.3 is 0 Å². The monoisotopic (exact) mass is 233 g/mol. The summed E-state index contributed by atoms with van der Waals surface area (Å²) in [5.74, 6) is 0.762. The van der Waals surface area contributed by atoms with Gasteiger partial charge in [0, 0.05) is 5.54 Å². The Balaban J connectivity index is 2.14. The van der Waals surface area contributed by atoms with Crippen LogP contribution in [-0.2, 0) is 6.42 Å². The van der Waals surface area contributed by atoms with Crippen LogP contribution in [0, 0.1) is 5.92 Å². The normalized spacial score (nSPS) is 13.6. The fraction of sp³-hybridized carbons (Fsp3) is 0.625. The van der Waals surface area contributed by atoms with Crippen molar-refractivity contribution in [2.45, 2.75) is 52.5 Å². The third-order valence-corrected chi connectivity index (χ3v) is 2.99. The zero-order valence-electron chi connectivity index (χ0n) is 11.8. The van der Waals surface area contributed by atoms with Crippen molar-refractivity contribution in [3.8, 4) is 0 Å². The van der Waals surface area contributed by atoms with E-state index in [1.54, 1.807) is 0 Å². The van der Waals surface area contributed by atoms with Crippen molar-refractivity contribution in [1.29, 1.82) is 0 Å². The largest absolute Gasteiger partial charge is 0.312 e. The summed E-state index contributed by atoms with van der Waals surface area (Å²) in [5, 5.41) is 3.57. The molecule has 1 aromatic rings. The van der Waals surface area contributed by atoms with Gasteiger partial charge in [0.15, 0.2) is 0 Å². The van der Waals surface area contributed by atoms with Crippen LogP contribution in [0.3, 0.4) is 0 Å². The highest BCUT2D eigenvalue weighted by atomic mass is 14.9. The molecule has 1 aromatic carbocycles. The first-order valence-electron chi connectivity index (χ1n) is 6.76. The molecule has 0 fully saturated rings. The van der Waals surface area contributed by atoms with Gasteiger partial charge < -0.3 is 5.32 Å². The first-order chi connectivity index (χ1) is 7.97. The molecule has 0 radical (unpaired) electrons. The summed E-state index contributed by atoms with van der Waals surface area (Å²) in [6, 6.07) is 10.8. The molecule has 0 aliphatic heterocycles. The van der Waals surface area contributed by atoms with Gasteiger partial charge in [0.05, 0.1) is 0 Å². The molecule has 0 aliphatic rings. The van der Waals surface area contributed by atoms with E-state index in [0.29, 0.717) is 0 Å². The molecule has 1 N–H and O–H groups in total. The van der Waals surface area contributed by atoms with Crippen LogP contribution in [0.5, 0.6) is 0 Å². The summed E-state index contributed by atoms with van der Waals surface area (Å²) in [7, 11) is 0. The fourth-order valence-corrected chi connectivity index (χ4v) is 1.88. The van der Waals surface area contributed by atoms with Crippen LogP contribution in [0.2, 0.25) is 0 Å². The van der Waals surface area contributed by atoms with Crippen LogP contribution in [0.15, 0.2) is 30.3 Å². The van der Waals surface area contributed by atoms with Gasteiger partial charge in [-0.05, 0) is 58.1 Å². The maximum absolute atomic E-state index is 3.57. The first-order valence-corrected chi connectivity index (χ1v) is 6.76. The van der Waals surface area contributed by atoms with Crippen LogP contribution in [-0.4, -0.2) is 12.1 Å². The van der Waals surface area contributed by atoms with Crippen LogP contribution in [0.1, 0.15) is 46.1 Å². The summed E-state index contributed by atoms with van der Waals surface area (Å²) in [5.41, 5.74) is 1.71. The van der Waals surface area contributed by atoms with Crippen LogP contribution in [0.4, 0.5) is 0 Å². The molecule has 96 valence electrons. The number of rotatable bonds is 6. The Morgan fingerprint density at radius 1 is 1.12 bits per heavy atom. The van der Waals surface area contributed by atoms with Crippen molar-refractivity contribution in [3.05, 3.63) is 35.9 Å². The molecule has 1 nitrogen and oxygen atoms in total. The fourth-order valence-electron chi connectivity index (χ4n) is 1.88. The molecule has 1 rings (SSSR count). The predicted molar refractivity (Wildman–Crippen MR) is 76.3 cm³/mol. The van der Waals surface area contributed by atoms with Gasteiger partial charge in [0.2, 0.25) is 0 Å². The van der Waals surface area contributed by atoms with Gasteiger partial charge in [0.1, 0.15) is 0 Å². The molecule has 0 spiro atoms. The van der Waals surface area contributed by atoms with Crippen molar-refractivity contribution in [3.63, 3.8) is 0 Å². The zero-order chi connectivity index (χ0) is 12.7. The minimum Gasteiger partial charge on any atom is -0.312 e. The van der Waals surface area contributed by atoms with Gasteiger partial charge in [-0.25, -0.2) is 0 Å². The lowest BCUT2D eigenvalue weighted by molar-refractivity contribution is 0.368. The van der Waals surface area contributed by atoms with Crippen LogP contribution >= 0.6 is 0 Å². The molecular weight excluding hydrogens is 206 g/mol. The van der Waals surface area contributed by atoms with Gasteiger partial charge in [-0.1, -0.05) is 37.3 Å². The highest BCUT2D eigenvalue weighted by molar-refractivity contribution is 5.14. The lowest BCUT2D eigenvalue weighted by Crippen LogP contribution is -2.38. The number of nitrogens with one attached hydrogen (secondary N) is 1. The maximum Gasteiger partial charge on any atom is 0.00966 e. The summed E-state index contributed by atoms with van der Waals surface area (Å²) in [6.45, 7) is 10.1. The molecule has 0 bridgehead atoms. The number of hydrogen-bond acceptors (Lipinski definition) is 1. The van der Waals surface area contributed by atoms with E-state index in [2.05, 4.69) is 63.3 Å². The first kappa shape index (κ1) is 14.2. The average molecular weight is 233 g/mol. The number of aryl methyl sites for hydroxylation is 1. The quantitative estimate of drug-likeness (QED) is 0.782.